The molecule has 1 fully saturated rings. The van der Waals surface area contributed by atoms with E-state index in [-0.39, 0.29) is 30.9 Å². The van der Waals surface area contributed by atoms with Crippen LogP contribution < -0.4 is 10.2 Å². The Morgan fingerprint density at radius 1 is 1.31 bits per heavy atom. The molecule has 0 bridgehead atoms. The van der Waals surface area contributed by atoms with Crippen LogP contribution in [0.3, 0.4) is 0 Å². The molecule has 0 aromatic heterocycles. The Morgan fingerprint density at radius 2 is 1.97 bits per heavy atom. The van der Waals surface area contributed by atoms with Crippen LogP contribution in [0, 0.1) is 0 Å². The van der Waals surface area contributed by atoms with Gasteiger partial charge in [-0.3, -0.25) is 4.79 Å². The van der Waals surface area contributed by atoms with Gasteiger partial charge in [-0.2, -0.15) is 0 Å². The number of amides is 2. The molecule has 1 saturated heterocycles. The van der Waals surface area contributed by atoms with Crippen molar-refractivity contribution in [2.45, 2.75) is 18.4 Å². The van der Waals surface area contributed by atoms with Crippen LogP contribution in [0.25, 0.3) is 0 Å². The van der Waals surface area contributed by atoms with E-state index in [1.54, 1.807) is 35.4 Å². The lowest BCUT2D eigenvalue weighted by molar-refractivity contribution is -0.795. The smallest absolute Gasteiger partial charge is 0.365 e. The Balaban J connectivity index is 0.000000941. The Bertz CT molecular complexity index is 764. The van der Waals surface area contributed by atoms with Crippen molar-refractivity contribution in [2.24, 2.45) is 0 Å². The van der Waals surface area contributed by atoms with Gasteiger partial charge in [-0.25, -0.2) is 9.69 Å². The fraction of sp³-hybridized carbons (Fsp3) is 0.429. The molecule has 2 aliphatic rings. The summed E-state index contributed by atoms with van der Waals surface area (Å²) in [6.07, 6.45) is 5.44. The van der Waals surface area contributed by atoms with Crippen molar-refractivity contribution < 1.29 is 24.3 Å². The average Bonchev–Trinajstić information content (AvgIpc) is 3.09. The zero-order chi connectivity index (χ0) is 21.4. The van der Waals surface area contributed by atoms with E-state index in [9.17, 15) is 14.7 Å². The Morgan fingerprint density at radius 3 is 2.55 bits per heavy atom. The molecule has 8 heteroatoms. The van der Waals surface area contributed by atoms with Crippen molar-refractivity contribution in [3.05, 3.63) is 58.9 Å². The van der Waals surface area contributed by atoms with Gasteiger partial charge in [0.15, 0.2) is 5.70 Å². The molecule has 1 aromatic rings. The summed E-state index contributed by atoms with van der Waals surface area (Å²) in [7, 11) is 5.28. The molecule has 3 unspecified atom stereocenters. The molecule has 3 rings (SSSR count). The van der Waals surface area contributed by atoms with E-state index in [1.165, 1.54) is 7.11 Å². The number of nitrogens with one attached hydrogen (secondary N) is 2. The summed E-state index contributed by atoms with van der Waals surface area (Å²) in [4.78, 5) is 27.4. The molecule has 2 heterocycles. The van der Waals surface area contributed by atoms with Crippen molar-refractivity contribution in [3.63, 3.8) is 0 Å². The first kappa shape index (κ1) is 23.3. The van der Waals surface area contributed by atoms with Crippen molar-refractivity contribution >= 4 is 23.4 Å². The van der Waals surface area contributed by atoms with Crippen LogP contribution in [-0.2, 0) is 14.3 Å². The third kappa shape index (κ3) is 5.74. The standard InChI is InChI=1S/C19H21ClN2O4.C2H7N/c1-26-12-16(11-23)21-8-2-3-17(19(21)25)22-10-14(9-18(22)24)13-4-6-15(20)7-5-13;1-3-2/h2-8,14,16,23H,9-12H2,1H3;3H,1-2H3/p+1. The number of carbonyl (C=O) groups excluding carboxylic acids is 2. The molecule has 1 aromatic carbocycles. The van der Waals surface area contributed by atoms with Crippen LogP contribution in [-0.4, -0.2) is 68.8 Å². The molecule has 0 saturated carbocycles. The molecule has 2 amide bonds. The van der Waals surface area contributed by atoms with Crippen LogP contribution in [0.2, 0.25) is 5.02 Å². The van der Waals surface area contributed by atoms with Gasteiger partial charge in [0, 0.05) is 31.0 Å². The molecule has 2 aliphatic heterocycles. The van der Waals surface area contributed by atoms with E-state index >= 15 is 0 Å². The van der Waals surface area contributed by atoms with Gasteiger partial charge in [0.25, 0.3) is 0 Å². The van der Waals surface area contributed by atoms with Gasteiger partial charge in [0.2, 0.25) is 5.91 Å². The number of hydrogen-bond donors (Lipinski definition) is 3. The van der Waals surface area contributed by atoms with Crippen LogP contribution in [0.5, 0.6) is 0 Å². The van der Waals surface area contributed by atoms with Crippen LogP contribution >= 0.6 is 11.6 Å². The Kier molecular flexibility index (Phi) is 9.00. The lowest BCUT2D eigenvalue weighted by Gasteiger charge is -2.27. The largest absolute Gasteiger partial charge is 0.390 e. The van der Waals surface area contributed by atoms with E-state index in [1.807, 2.05) is 26.2 Å². The zero-order valence-corrected chi connectivity index (χ0v) is 17.8. The summed E-state index contributed by atoms with van der Waals surface area (Å²) >= 11 is 5.93. The maximum Gasteiger partial charge on any atom is 0.365 e. The third-order valence-electron chi connectivity index (χ3n) is 4.81. The molecule has 29 heavy (non-hydrogen) atoms. The molecule has 0 radical (unpaired) electrons. The van der Waals surface area contributed by atoms with Crippen molar-refractivity contribution in [3.8, 4) is 0 Å². The van der Waals surface area contributed by atoms with Gasteiger partial charge >= 0.3 is 5.91 Å². The fourth-order valence-corrected chi connectivity index (χ4v) is 3.54. The highest BCUT2D eigenvalue weighted by Gasteiger charge is 2.40. The topological polar surface area (TPSA) is 83.3 Å². The number of aliphatic hydroxyl groups is 1. The predicted molar refractivity (Wildman–Crippen MR) is 111 cm³/mol. The molecule has 0 aliphatic carbocycles. The second-order valence-corrected chi connectivity index (χ2v) is 7.42. The maximum atomic E-state index is 12.9. The molecule has 7 nitrogen and oxygen atoms in total. The minimum Gasteiger partial charge on any atom is -0.390 e. The van der Waals surface area contributed by atoms with E-state index < -0.39 is 6.04 Å². The highest BCUT2D eigenvalue weighted by molar-refractivity contribution is 6.30. The minimum atomic E-state index is -0.405. The third-order valence-corrected chi connectivity index (χ3v) is 5.06. The number of quaternary nitrogens is 1. The Hall–Kier alpha value is -2.03. The second-order valence-electron chi connectivity index (χ2n) is 6.99. The molecule has 0 spiro atoms. The SMILES string of the molecule is CNC.COCC(CO)[NH+]1C=CC=C(N2CC(c3ccc(Cl)cc3)CC2=O)C1=O. The van der Waals surface area contributed by atoms with Gasteiger partial charge < -0.3 is 20.1 Å². The number of benzene rings is 1. The van der Waals surface area contributed by atoms with E-state index in [4.69, 9.17) is 16.3 Å². The number of rotatable bonds is 6. The Labute approximate surface area is 176 Å². The van der Waals surface area contributed by atoms with Crippen molar-refractivity contribution in [1.82, 2.24) is 10.2 Å². The van der Waals surface area contributed by atoms with Gasteiger partial charge in [0.1, 0.15) is 18.8 Å². The monoisotopic (exact) mass is 422 g/mol. The second kappa shape index (κ2) is 11.2. The van der Waals surface area contributed by atoms with Crippen molar-refractivity contribution in [1.29, 1.82) is 0 Å². The summed E-state index contributed by atoms with van der Waals surface area (Å²) in [5.74, 6) is -0.282. The van der Waals surface area contributed by atoms with Crippen LogP contribution in [0.1, 0.15) is 17.9 Å². The van der Waals surface area contributed by atoms with E-state index in [0.717, 1.165) is 5.56 Å². The summed E-state index contributed by atoms with van der Waals surface area (Å²) in [6.45, 7) is 0.512. The summed E-state index contributed by atoms with van der Waals surface area (Å²) in [6, 6.07) is 7.04. The lowest BCUT2D eigenvalue weighted by Crippen LogP contribution is -3.16. The van der Waals surface area contributed by atoms with Gasteiger partial charge in [-0.05, 0) is 43.9 Å². The van der Waals surface area contributed by atoms with Gasteiger partial charge in [0.05, 0.1) is 6.61 Å². The number of hydrogen-bond acceptors (Lipinski definition) is 5. The highest BCUT2D eigenvalue weighted by atomic mass is 35.5. The lowest BCUT2D eigenvalue weighted by atomic mass is 9.98. The normalized spacial score (nSPS) is 22.2. The summed E-state index contributed by atoms with van der Waals surface area (Å²) < 4.78 is 5.09. The number of nitrogens with zero attached hydrogens (tertiary/aromatic N) is 1. The number of carbonyl (C=O) groups is 2. The molecular weight excluding hydrogens is 394 g/mol. The number of allylic oxidation sites excluding steroid dienone is 2. The first-order valence-electron chi connectivity index (χ1n) is 9.50. The van der Waals surface area contributed by atoms with Gasteiger partial charge in [-0.1, -0.05) is 23.7 Å². The minimum absolute atomic E-state index is 0.0236. The quantitative estimate of drug-likeness (QED) is 0.615. The van der Waals surface area contributed by atoms with E-state index in [0.29, 0.717) is 28.6 Å². The molecule has 158 valence electrons. The summed E-state index contributed by atoms with van der Waals surface area (Å²) in [5, 5.41) is 12.9. The number of aliphatic hydroxyl groups excluding tert-OH is 1. The maximum absolute atomic E-state index is 12.9. The van der Waals surface area contributed by atoms with Crippen LogP contribution in [0.4, 0.5) is 0 Å². The highest BCUT2D eigenvalue weighted by Crippen LogP contribution is 2.31. The van der Waals surface area contributed by atoms with Gasteiger partial charge in [-0.15, -0.1) is 0 Å². The number of ether oxygens (including phenoxy) is 1. The van der Waals surface area contributed by atoms with Crippen LogP contribution in [0.15, 0.2) is 48.3 Å². The summed E-state index contributed by atoms with van der Waals surface area (Å²) in [5.41, 5.74) is 1.39. The molecule has 3 atom stereocenters. The molecular formula is C21H29ClN3O4+. The van der Waals surface area contributed by atoms with E-state index in [2.05, 4.69) is 5.32 Å². The van der Waals surface area contributed by atoms with Crippen molar-refractivity contribution in [2.75, 3.05) is 41.0 Å². The number of halogens is 1. The number of methoxy groups -OCH3 is 1. The first-order chi connectivity index (χ1) is 14.0. The molecule has 3 N–H and O–H groups in total. The first-order valence-corrected chi connectivity index (χ1v) is 9.88. The average molecular weight is 423 g/mol. The zero-order valence-electron chi connectivity index (χ0n) is 17.0. The predicted octanol–water partition coefficient (Wildman–Crippen LogP) is 0.322. The fourth-order valence-electron chi connectivity index (χ4n) is 3.42. The number of likely N-dealkylation sites (tertiary alicyclic amines) is 1.